The minimum atomic E-state index is -0.134. The fourth-order valence-electron chi connectivity index (χ4n) is 6.41. The molecule has 48 heavy (non-hydrogen) atoms. The van der Waals surface area contributed by atoms with Crippen molar-refractivity contribution in [2.75, 3.05) is 0 Å². The monoisotopic (exact) mass is 620 g/mol. The summed E-state index contributed by atoms with van der Waals surface area (Å²) in [5.74, 6) is 0.717. The Morgan fingerprint density at radius 2 is 1.31 bits per heavy atom. The van der Waals surface area contributed by atoms with Gasteiger partial charge in [-0.2, -0.15) is 0 Å². The SMILES string of the molecule is CC(C)(C)c1cc(-c2cccc(-c3cc(C4=CCCC=C4)nc(-c4ccc(-c5ccccc5)cc4)n3)c2)c2ccc3cccnc3c2n1. The van der Waals surface area contributed by atoms with Gasteiger partial charge in [-0.05, 0) is 64.9 Å². The van der Waals surface area contributed by atoms with Crippen LogP contribution in [-0.2, 0) is 5.41 Å². The summed E-state index contributed by atoms with van der Waals surface area (Å²) < 4.78 is 0. The van der Waals surface area contributed by atoms with Crippen LogP contribution in [0.4, 0.5) is 0 Å². The molecule has 3 aromatic heterocycles. The third kappa shape index (κ3) is 5.71. The predicted molar refractivity (Wildman–Crippen MR) is 199 cm³/mol. The van der Waals surface area contributed by atoms with Gasteiger partial charge in [-0.1, -0.05) is 130 Å². The Hall–Kier alpha value is -5.74. The molecule has 0 aliphatic heterocycles. The van der Waals surface area contributed by atoms with E-state index < -0.39 is 0 Å². The Morgan fingerprint density at radius 3 is 2.10 bits per heavy atom. The predicted octanol–water partition coefficient (Wildman–Crippen LogP) is 11.3. The second-order valence-electron chi connectivity index (χ2n) is 13.5. The molecule has 4 nitrogen and oxygen atoms in total. The van der Waals surface area contributed by atoms with Gasteiger partial charge in [0.2, 0.25) is 0 Å². The second kappa shape index (κ2) is 12.1. The van der Waals surface area contributed by atoms with E-state index in [9.17, 15) is 0 Å². The molecule has 0 unspecified atom stereocenters. The molecule has 3 heterocycles. The minimum Gasteiger partial charge on any atom is -0.254 e. The van der Waals surface area contributed by atoms with Crippen molar-refractivity contribution in [3.8, 4) is 44.9 Å². The van der Waals surface area contributed by atoms with Gasteiger partial charge in [-0.15, -0.1) is 0 Å². The van der Waals surface area contributed by atoms with Crippen LogP contribution in [-0.4, -0.2) is 19.9 Å². The van der Waals surface area contributed by atoms with Crippen molar-refractivity contribution in [1.82, 2.24) is 19.9 Å². The fraction of sp³-hybridized carbons (Fsp3) is 0.136. The normalized spacial score (nSPS) is 13.2. The van der Waals surface area contributed by atoms with Crippen LogP contribution in [0.3, 0.4) is 0 Å². The van der Waals surface area contributed by atoms with Gasteiger partial charge in [0, 0.05) is 39.2 Å². The molecule has 4 heteroatoms. The van der Waals surface area contributed by atoms with Crippen LogP contribution in [0.15, 0.2) is 140 Å². The van der Waals surface area contributed by atoms with E-state index in [-0.39, 0.29) is 5.41 Å². The van der Waals surface area contributed by atoms with E-state index in [1.807, 2.05) is 18.3 Å². The molecule has 1 aliphatic rings. The third-order valence-electron chi connectivity index (χ3n) is 9.06. The van der Waals surface area contributed by atoms with Gasteiger partial charge in [0.15, 0.2) is 5.82 Å². The molecule has 0 spiro atoms. The standard InChI is InChI=1S/C44H36N4/c1-44(2,3)40-27-37(36-24-23-32-18-11-25-45-41(32)42(36)48-40)34-16-10-17-35(26-34)39-28-38(31-14-8-5-9-15-31)46-43(47-39)33-21-19-30(20-22-33)29-12-6-4-7-13-29/h4,6-8,10-28H,5,9H2,1-3H3. The number of nitrogens with zero attached hydrogens (tertiary/aromatic N) is 4. The smallest absolute Gasteiger partial charge is 0.160 e. The molecule has 1 aliphatic carbocycles. The van der Waals surface area contributed by atoms with E-state index in [4.69, 9.17) is 19.9 Å². The molecule has 232 valence electrons. The second-order valence-corrected chi connectivity index (χ2v) is 13.5. The van der Waals surface area contributed by atoms with Crippen LogP contribution in [0.25, 0.3) is 72.3 Å². The lowest BCUT2D eigenvalue weighted by atomic mass is 9.88. The lowest BCUT2D eigenvalue weighted by Gasteiger charge is -2.21. The van der Waals surface area contributed by atoms with E-state index in [0.717, 1.165) is 79.6 Å². The average Bonchev–Trinajstić information content (AvgIpc) is 3.14. The molecule has 0 saturated carbocycles. The largest absolute Gasteiger partial charge is 0.254 e. The molecule has 7 aromatic rings. The third-order valence-corrected chi connectivity index (χ3v) is 9.06. The summed E-state index contributed by atoms with van der Waals surface area (Å²) in [6.07, 6.45) is 10.6. The van der Waals surface area contributed by atoms with Gasteiger partial charge < -0.3 is 0 Å². The molecule has 0 N–H and O–H groups in total. The Kier molecular flexibility index (Phi) is 7.49. The number of benzene rings is 4. The highest BCUT2D eigenvalue weighted by Crippen LogP contribution is 2.37. The van der Waals surface area contributed by atoms with E-state index in [1.54, 1.807) is 0 Å². The van der Waals surface area contributed by atoms with E-state index >= 15 is 0 Å². The van der Waals surface area contributed by atoms with Gasteiger partial charge in [0.1, 0.15) is 0 Å². The number of hydrogen-bond acceptors (Lipinski definition) is 4. The number of allylic oxidation sites excluding steroid dienone is 4. The highest BCUT2D eigenvalue weighted by molar-refractivity contribution is 6.08. The minimum absolute atomic E-state index is 0.134. The van der Waals surface area contributed by atoms with Crippen molar-refractivity contribution in [2.45, 2.75) is 39.0 Å². The van der Waals surface area contributed by atoms with E-state index in [0.29, 0.717) is 5.82 Å². The van der Waals surface area contributed by atoms with Gasteiger partial charge in [-0.3, -0.25) is 4.98 Å². The molecule has 4 aromatic carbocycles. The topological polar surface area (TPSA) is 51.6 Å². The maximum absolute atomic E-state index is 5.18. The summed E-state index contributed by atoms with van der Waals surface area (Å²) in [4.78, 5) is 20.2. The first kappa shape index (κ1) is 29.6. The van der Waals surface area contributed by atoms with Gasteiger partial charge in [0.25, 0.3) is 0 Å². The first-order chi connectivity index (χ1) is 23.4. The molecule has 0 fully saturated rings. The van der Waals surface area contributed by atoms with Crippen LogP contribution >= 0.6 is 0 Å². The van der Waals surface area contributed by atoms with Crippen molar-refractivity contribution in [2.24, 2.45) is 0 Å². The Labute approximate surface area is 281 Å². The summed E-state index contributed by atoms with van der Waals surface area (Å²) in [5.41, 5.74) is 12.4. The van der Waals surface area contributed by atoms with Crippen LogP contribution < -0.4 is 0 Å². The molecule has 0 atom stereocenters. The van der Waals surface area contributed by atoms with Crippen molar-refractivity contribution < 1.29 is 0 Å². The maximum Gasteiger partial charge on any atom is 0.160 e. The van der Waals surface area contributed by atoms with Crippen molar-refractivity contribution in [3.63, 3.8) is 0 Å². The summed E-state index contributed by atoms with van der Waals surface area (Å²) in [7, 11) is 0. The first-order valence-electron chi connectivity index (χ1n) is 16.6. The molecule has 0 saturated heterocycles. The average molecular weight is 621 g/mol. The zero-order chi connectivity index (χ0) is 32.7. The van der Waals surface area contributed by atoms with Crippen molar-refractivity contribution >= 4 is 27.4 Å². The fourth-order valence-corrected chi connectivity index (χ4v) is 6.41. The number of fused-ring (bicyclic) bond motifs is 3. The molecular weight excluding hydrogens is 585 g/mol. The van der Waals surface area contributed by atoms with E-state index in [1.165, 1.54) is 11.1 Å². The quantitative estimate of drug-likeness (QED) is 0.180. The number of aromatic nitrogens is 4. The maximum atomic E-state index is 5.18. The van der Waals surface area contributed by atoms with Gasteiger partial charge in [0.05, 0.1) is 22.4 Å². The number of hydrogen-bond donors (Lipinski definition) is 0. The Morgan fingerprint density at radius 1 is 0.562 bits per heavy atom. The van der Waals surface area contributed by atoms with Crippen molar-refractivity contribution in [1.29, 1.82) is 0 Å². The Bertz CT molecular complexity index is 2360. The molecule has 8 rings (SSSR count). The van der Waals surface area contributed by atoms with Gasteiger partial charge >= 0.3 is 0 Å². The van der Waals surface area contributed by atoms with Crippen LogP contribution in [0.5, 0.6) is 0 Å². The number of rotatable bonds is 5. The highest BCUT2D eigenvalue weighted by Gasteiger charge is 2.21. The lowest BCUT2D eigenvalue weighted by molar-refractivity contribution is 0.572. The first-order valence-corrected chi connectivity index (χ1v) is 16.6. The summed E-state index contributed by atoms with van der Waals surface area (Å²) in [6, 6.07) is 40.5. The van der Waals surface area contributed by atoms with Gasteiger partial charge in [-0.25, -0.2) is 15.0 Å². The number of pyridine rings is 2. The highest BCUT2D eigenvalue weighted by atomic mass is 14.9. The summed E-state index contributed by atoms with van der Waals surface area (Å²) >= 11 is 0. The van der Waals surface area contributed by atoms with Crippen LogP contribution in [0, 0.1) is 0 Å². The summed E-state index contributed by atoms with van der Waals surface area (Å²) in [6.45, 7) is 6.64. The zero-order valence-corrected chi connectivity index (χ0v) is 27.5. The molecule has 0 amide bonds. The van der Waals surface area contributed by atoms with E-state index in [2.05, 4.69) is 142 Å². The Balaban J connectivity index is 1.27. The van der Waals surface area contributed by atoms with Crippen LogP contribution in [0.2, 0.25) is 0 Å². The molecule has 0 bridgehead atoms. The molecular formula is C44H36N4. The lowest BCUT2D eigenvalue weighted by Crippen LogP contribution is -2.14. The van der Waals surface area contributed by atoms with Crippen LogP contribution in [0.1, 0.15) is 45.0 Å². The summed E-state index contributed by atoms with van der Waals surface area (Å²) in [5, 5.41) is 2.18. The molecule has 0 radical (unpaired) electrons. The zero-order valence-electron chi connectivity index (χ0n) is 27.5. The van der Waals surface area contributed by atoms with Crippen molar-refractivity contribution in [3.05, 3.63) is 151 Å².